The standard InChI is InChI=1S/C15H24N2O/c1-3-18-14-4-5-15(12(2)10-14)17-11-13-6-8-16-9-7-13/h4-5,10,13,16-17H,3,6-9,11H2,1-2H3. The van der Waals surface area contributed by atoms with Crippen LogP contribution in [-0.4, -0.2) is 26.2 Å². The molecule has 0 aliphatic carbocycles. The van der Waals surface area contributed by atoms with E-state index in [1.54, 1.807) is 0 Å². The molecule has 0 spiro atoms. The van der Waals surface area contributed by atoms with Gasteiger partial charge in [0.25, 0.3) is 0 Å². The predicted octanol–water partition coefficient (Wildman–Crippen LogP) is 2.81. The molecule has 0 saturated carbocycles. The molecule has 1 aliphatic heterocycles. The van der Waals surface area contributed by atoms with Crippen molar-refractivity contribution in [2.45, 2.75) is 26.7 Å². The fraction of sp³-hybridized carbons (Fsp3) is 0.600. The van der Waals surface area contributed by atoms with Crippen molar-refractivity contribution in [3.05, 3.63) is 23.8 Å². The van der Waals surface area contributed by atoms with Crippen molar-refractivity contribution in [1.29, 1.82) is 0 Å². The Kier molecular flexibility index (Phi) is 4.88. The van der Waals surface area contributed by atoms with E-state index in [4.69, 9.17) is 4.74 Å². The number of ether oxygens (including phenoxy) is 1. The first-order valence-electron chi connectivity index (χ1n) is 6.97. The Bertz CT molecular complexity index is 373. The second-order valence-electron chi connectivity index (χ2n) is 4.98. The molecule has 1 heterocycles. The number of rotatable bonds is 5. The average molecular weight is 248 g/mol. The van der Waals surface area contributed by atoms with Crippen molar-refractivity contribution < 1.29 is 4.74 Å². The lowest BCUT2D eigenvalue weighted by molar-refractivity contribution is 0.340. The summed E-state index contributed by atoms with van der Waals surface area (Å²) in [5.74, 6) is 1.76. The van der Waals surface area contributed by atoms with Crippen molar-refractivity contribution in [3.63, 3.8) is 0 Å². The highest BCUT2D eigenvalue weighted by atomic mass is 16.5. The van der Waals surface area contributed by atoms with Crippen molar-refractivity contribution in [1.82, 2.24) is 5.32 Å². The number of nitrogens with one attached hydrogen (secondary N) is 2. The van der Waals surface area contributed by atoms with Crippen LogP contribution < -0.4 is 15.4 Å². The van der Waals surface area contributed by atoms with E-state index in [0.29, 0.717) is 0 Å². The maximum Gasteiger partial charge on any atom is 0.119 e. The highest BCUT2D eigenvalue weighted by Crippen LogP contribution is 2.22. The molecule has 1 aliphatic rings. The Labute approximate surface area is 110 Å². The largest absolute Gasteiger partial charge is 0.494 e. The van der Waals surface area contributed by atoms with E-state index >= 15 is 0 Å². The van der Waals surface area contributed by atoms with E-state index in [1.165, 1.54) is 24.1 Å². The molecule has 0 aromatic heterocycles. The summed E-state index contributed by atoms with van der Waals surface area (Å²) in [6.07, 6.45) is 2.56. The van der Waals surface area contributed by atoms with Crippen LogP contribution in [0.2, 0.25) is 0 Å². The van der Waals surface area contributed by atoms with Gasteiger partial charge in [-0.25, -0.2) is 0 Å². The number of piperidine rings is 1. The molecule has 2 rings (SSSR count). The van der Waals surface area contributed by atoms with Crippen LogP contribution in [0.15, 0.2) is 18.2 Å². The van der Waals surface area contributed by atoms with Gasteiger partial charge in [0, 0.05) is 12.2 Å². The third-order valence-corrected chi connectivity index (χ3v) is 3.55. The number of hydrogen-bond acceptors (Lipinski definition) is 3. The summed E-state index contributed by atoms with van der Waals surface area (Å²) in [5.41, 5.74) is 2.49. The van der Waals surface area contributed by atoms with Gasteiger partial charge in [-0.1, -0.05) is 0 Å². The summed E-state index contributed by atoms with van der Waals surface area (Å²) in [4.78, 5) is 0. The minimum atomic E-state index is 0.724. The maximum absolute atomic E-state index is 5.50. The molecule has 1 fully saturated rings. The van der Waals surface area contributed by atoms with Crippen LogP contribution >= 0.6 is 0 Å². The van der Waals surface area contributed by atoms with E-state index in [-0.39, 0.29) is 0 Å². The van der Waals surface area contributed by atoms with E-state index in [2.05, 4.69) is 29.7 Å². The summed E-state index contributed by atoms with van der Waals surface area (Å²) >= 11 is 0. The smallest absolute Gasteiger partial charge is 0.119 e. The molecule has 0 atom stereocenters. The average Bonchev–Trinajstić information content (AvgIpc) is 2.39. The normalized spacial score (nSPS) is 16.6. The van der Waals surface area contributed by atoms with Crippen molar-refractivity contribution >= 4 is 5.69 Å². The molecule has 1 saturated heterocycles. The van der Waals surface area contributed by atoms with E-state index in [0.717, 1.165) is 37.9 Å². The van der Waals surface area contributed by atoms with Gasteiger partial charge in [-0.15, -0.1) is 0 Å². The van der Waals surface area contributed by atoms with E-state index < -0.39 is 0 Å². The van der Waals surface area contributed by atoms with Gasteiger partial charge in [0.15, 0.2) is 0 Å². The Morgan fingerprint density at radius 3 is 2.78 bits per heavy atom. The number of anilines is 1. The Morgan fingerprint density at radius 1 is 1.33 bits per heavy atom. The van der Waals surface area contributed by atoms with Crippen molar-refractivity contribution in [2.24, 2.45) is 5.92 Å². The minimum absolute atomic E-state index is 0.724. The highest BCUT2D eigenvalue weighted by molar-refractivity contribution is 5.53. The van der Waals surface area contributed by atoms with Crippen LogP contribution in [0.4, 0.5) is 5.69 Å². The number of hydrogen-bond donors (Lipinski definition) is 2. The Hall–Kier alpha value is -1.22. The summed E-state index contributed by atoms with van der Waals surface area (Å²) in [6.45, 7) is 8.27. The fourth-order valence-corrected chi connectivity index (χ4v) is 2.43. The van der Waals surface area contributed by atoms with Crippen LogP contribution in [0, 0.1) is 12.8 Å². The molecule has 1 aromatic rings. The van der Waals surface area contributed by atoms with E-state index in [9.17, 15) is 0 Å². The predicted molar refractivity (Wildman–Crippen MR) is 76.4 cm³/mol. The van der Waals surface area contributed by atoms with Crippen LogP contribution in [0.1, 0.15) is 25.3 Å². The Balaban J connectivity index is 1.88. The molecular weight excluding hydrogens is 224 g/mol. The third kappa shape index (κ3) is 3.64. The second kappa shape index (κ2) is 6.64. The van der Waals surface area contributed by atoms with Gasteiger partial charge in [0.05, 0.1) is 6.61 Å². The molecule has 1 aromatic carbocycles. The second-order valence-corrected chi connectivity index (χ2v) is 4.98. The highest BCUT2D eigenvalue weighted by Gasteiger charge is 2.12. The molecular formula is C15H24N2O. The topological polar surface area (TPSA) is 33.3 Å². The van der Waals surface area contributed by atoms with Crippen LogP contribution in [0.25, 0.3) is 0 Å². The van der Waals surface area contributed by atoms with Gasteiger partial charge in [-0.2, -0.15) is 0 Å². The van der Waals surface area contributed by atoms with Gasteiger partial charge in [-0.3, -0.25) is 0 Å². The van der Waals surface area contributed by atoms with Crippen LogP contribution in [0.3, 0.4) is 0 Å². The van der Waals surface area contributed by atoms with Crippen molar-refractivity contribution in [3.8, 4) is 5.75 Å². The number of aryl methyl sites for hydroxylation is 1. The molecule has 3 nitrogen and oxygen atoms in total. The van der Waals surface area contributed by atoms with E-state index in [1.807, 2.05) is 13.0 Å². The first kappa shape index (κ1) is 13.2. The first-order valence-corrected chi connectivity index (χ1v) is 6.97. The monoisotopic (exact) mass is 248 g/mol. The zero-order valence-electron chi connectivity index (χ0n) is 11.5. The lowest BCUT2D eigenvalue weighted by atomic mass is 9.98. The zero-order valence-corrected chi connectivity index (χ0v) is 11.5. The van der Waals surface area contributed by atoms with Crippen LogP contribution in [0.5, 0.6) is 5.75 Å². The maximum atomic E-state index is 5.50. The fourth-order valence-electron chi connectivity index (χ4n) is 2.43. The minimum Gasteiger partial charge on any atom is -0.494 e. The molecule has 2 N–H and O–H groups in total. The van der Waals surface area contributed by atoms with Gasteiger partial charge >= 0.3 is 0 Å². The molecule has 0 radical (unpaired) electrons. The first-order chi connectivity index (χ1) is 8.79. The quantitative estimate of drug-likeness (QED) is 0.840. The molecule has 18 heavy (non-hydrogen) atoms. The zero-order chi connectivity index (χ0) is 12.8. The lowest BCUT2D eigenvalue weighted by Crippen LogP contribution is -2.31. The summed E-state index contributed by atoms with van der Waals surface area (Å²) < 4.78 is 5.50. The molecule has 0 bridgehead atoms. The Morgan fingerprint density at radius 2 is 2.11 bits per heavy atom. The van der Waals surface area contributed by atoms with Crippen molar-refractivity contribution in [2.75, 3.05) is 31.6 Å². The lowest BCUT2D eigenvalue weighted by Gasteiger charge is -2.23. The third-order valence-electron chi connectivity index (χ3n) is 3.55. The van der Waals surface area contributed by atoms with Crippen LogP contribution in [-0.2, 0) is 0 Å². The molecule has 100 valence electrons. The van der Waals surface area contributed by atoms with Gasteiger partial charge in [-0.05, 0) is 69.5 Å². The summed E-state index contributed by atoms with van der Waals surface area (Å²) in [6, 6.07) is 6.27. The van der Waals surface area contributed by atoms with Gasteiger partial charge in [0.2, 0.25) is 0 Å². The molecule has 0 amide bonds. The molecule has 0 unspecified atom stereocenters. The van der Waals surface area contributed by atoms with Gasteiger partial charge < -0.3 is 15.4 Å². The molecule has 3 heteroatoms. The number of benzene rings is 1. The SMILES string of the molecule is CCOc1ccc(NCC2CCNCC2)c(C)c1. The summed E-state index contributed by atoms with van der Waals surface area (Å²) in [5, 5.41) is 6.97. The van der Waals surface area contributed by atoms with Gasteiger partial charge in [0.1, 0.15) is 5.75 Å². The summed E-state index contributed by atoms with van der Waals surface area (Å²) in [7, 11) is 0.